The van der Waals surface area contributed by atoms with E-state index in [9.17, 15) is 4.79 Å². The van der Waals surface area contributed by atoms with Gasteiger partial charge in [0.2, 0.25) is 12.7 Å². The van der Waals surface area contributed by atoms with Gasteiger partial charge in [-0.25, -0.2) is 0 Å². The summed E-state index contributed by atoms with van der Waals surface area (Å²) in [6.07, 6.45) is 5.51. The van der Waals surface area contributed by atoms with Crippen molar-refractivity contribution >= 4 is 5.91 Å². The van der Waals surface area contributed by atoms with Crippen LogP contribution < -0.4 is 20.1 Å². The van der Waals surface area contributed by atoms with Gasteiger partial charge in [-0.2, -0.15) is 0 Å². The highest BCUT2D eigenvalue weighted by Crippen LogP contribution is 2.36. The molecule has 3 heterocycles. The lowest BCUT2D eigenvalue weighted by molar-refractivity contribution is -0.122. The molecule has 2 fully saturated rings. The van der Waals surface area contributed by atoms with E-state index in [1.807, 2.05) is 12.1 Å². The van der Waals surface area contributed by atoms with Crippen molar-refractivity contribution in [1.82, 2.24) is 10.6 Å². The van der Waals surface area contributed by atoms with Crippen LogP contribution in [0.15, 0.2) is 18.2 Å². The molecule has 2 saturated heterocycles. The maximum Gasteiger partial charge on any atom is 0.231 e. The van der Waals surface area contributed by atoms with Crippen molar-refractivity contribution in [3.63, 3.8) is 0 Å². The van der Waals surface area contributed by atoms with Gasteiger partial charge in [0, 0.05) is 30.5 Å². The van der Waals surface area contributed by atoms with Gasteiger partial charge in [0.15, 0.2) is 11.5 Å². The second-order valence-electron chi connectivity index (χ2n) is 8.41. The predicted octanol–water partition coefficient (Wildman–Crippen LogP) is 2.73. The third-order valence-electron chi connectivity index (χ3n) is 5.93. The van der Waals surface area contributed by atoms with Crippen LogP contribution in [0.25, 0.3) is 0 Å². The fourth-order valence-corrected chi connectivity index (χ4v) is 4.42. The first-order chi connectivity index (χ1) is 12.0. The number of benzene rings is 1. The number of hydrogen-bond acceptors (Lipinski definition) is 4. The number of ether oxygens (including phenoxy) is 2. The Morgan fingerprint density at radius 3 is 2.68 bits per heavy atom. The van der Waals surface area contributed by atoms with Crippen LogP contribution in [0.5, 0.6) is 11.5 Å². The lowest BCUT2D eigenvalue weighted by Crippen LogP contribution is -2.41. The van der Waals surface area contributed by atoms with Gasteiger partial charge < -0.3 is 20.1 Å². The summed E-state index contributed by atoms with van der Waals surface area (Å²) in [5, 5.41) is 6.79. The minimum Gasteiger partial charge on any atom is -0.454 e. The fourth-order valence-electron chi connectivity index (χ4n) is 4.42. The van der Waals surface area contributed by atoms with E-state index in [1.165, 1.54) is 12.8 Å². The monoisotopic (exact) mass is 344 g/mol. The smallest absolute Gasteiger partial charge is 0.231 e. The molecule has 0 spiro atoms. The van der Waals surface area contributed by atoms with Gasteiger partial charge >= 0.3 is 0 Å². The first-order valence-corrected chi connectivity index (χ1v) is 9.42. The molecule has 2 N–H and O–H groups in total. The summed E-state index contributed by atoms with van der Waals surface area (Å²) in [6, 6.07) is 7.32. The zero-order chi connectivity index (χ0) is 17.4. The number of nitrogens with one attached hydrogen (secondary N) is 2. The Morgan fingerprint density at radius 2 is 1.92 bits per heavy atom. The minimum atomic E-state index is -0.149. The standard InChI is InChI=1S/C20H28N2O3/c1-20(2,14-3-6-17-18(10-14)25-12-24-17)11-21-19(23)9-13-7-15-4-5-16(8-13)22-15/h3,6,10,13,15-16,22H,4-5,7-9,11-12H2,1-2H3,(H,21,23). The van der Waals surface area contributed by atoms with Gasteiger partial charge in [0.25, 0.3) is 0 Å². The number of amides is 1. The van der Waals surface area contributed by atoms with Gasteiger partial charge in [-0.15, -0.1) is 0 Å². The number of carbonyl (C=O) groups is 1. The molecule has 5 heteroatoms. The van der Waals surface area contributed by atoms with Crippen molar-refractivity contribution < 1.29 is 14.3 Å². The summed E-state index contributed by atoms with van der Waals surface area (Å²) < 4.78 is 10.8. The number of piperidine rings is 1. The third-order valence-corrected chi connectivity index (χ3v) is 5.93. The Hall–Kier alpha value is -1.75. The molecule has 1 amide bonds. The van der Waals surface area contributed by atoms with E-state index in [0.29, 0.717) is 31.0 Å². The molecule has 0 radical (unpaired) electrons. The Morgan fingerprint density at radius 1 is 1.20 bits per heavy atom. The molecule has 1 aromatic rings. The highest BCUT2D eigenvalue weighted by molar-refractivity contribution is 5.76. The molecule has 3 aliphatic rings. The van der Waals surface area contributed by atoms with Crippen LogP contribution >= 0.6 is 0 Å². The van der Waals surface area contributed by atoms with Gasteiger partial charge in [-0.05, 0) is 49.3 Å². The summed E-state index contributed by atoms with van der Waals surface area (Å²) in [4.78, 5) is 12.4. The van der Waals surface area contributed by atoms with Crippen LogP contribution in [0, 0.1) is 5.92 Å². The molecule has 0 aliphatic carbocycles. The van der Waals surface area contributed by atoms with Gasteiger partial charge in [0.05, 0.1) is 0 Å². The van der Waals surface area contributed by atoms with Crippen molar-refractivity contribution in [2.75, 3.05) is 13.3 Å². The van der Waals surface area contributed by atoms with Gasteiger partial charge in [-0.1, -0.05) is 19.9 Å². The number of fused-ring (bicyclic) bond motifs is 3. The Labute approximate surface area is 149 Å². The van der Waals surface area contributed by atoms with Crippen LogP contribution in [0.4, 0.5) is 0 Å². The molecule has 0 aromatic heterocycles. The average Bonchev–Trinajstić information content (AvgIpc) is 3.18. The van der Waals surface area contributed by atoms with Crippen LogP contribution in [0.3, 0.4) is 0 Å². The molecular weight excluding hydrogens is 316 g/mol. The number of rotatable bonds is 5. The Balaban J connectivity index is 1.31. The zero-order valence-corrected chi connectivity index (χ0v) is 15.1. The van der Waals surface area contributed by atoms with E-state index >= 15 is 0 Å². The summed E-state index contributed by atoms with van der Waals surface area (Å²) in [5.74, 6) is 2.30. The molecule has 1 aromatic carbocycles. The summed E-state index contributed by atoms with van der Waals surface area (Å²) in [7, 11) is 0. The molecule has 2 unspecified atom stereocenters. The minimum absolute atomic E-state index is 0.149. The first-order valence-electron chi connectivity index (χ1n) is 9.42. The Kier molecular flexibility index (Phi) is 4.36. The van der Waals surface area contributed by atoms with E-state index in [1.54, 1.807) is 0 Å². The topological polar surface area (TPSA) is 59.6 Å². The fraction of sp³-hybridized carbons (Fsp3) is 0.650. The van der Waals surface area contributed by atoms with E-state index < -0.39 is 0 Å². The van der Waals surface area contributed by atoms with E-state index in [-0.39, 0.29) is 18.1 Å². The van der Waals surface area contributed by atoms with Crippen molar-refractivity contribution in [3.05, 3.63) is 23.8 Å². The van der Waals surface area contributed by atoms with Crippen molar-refractivity contribution in [1.29, 1.82) is 0 Å². The molecule has 5 nitrogen and oxygen atoms in total. The van der Waals surface area contributed by atoms with Gasteiger partial charge in [-0.3, -0.25) is 4.79 Å². The molecule has 0 saturated carbocycles. The highest BCUT2D eigenvalue weighted by Gasteiger charge is 2.34. The highest BCUT2D eigenvalue weighted by atomic mass is 16.7. The molecule has 136 valence electrons. The van der Waals surface area contributed by atoms with Crippen molar-refractivity contribution in [2.45, 2.75) is 63.5 Å². The lowest BCUT2D eigenvalue weighted by atomic mass is 9.84. The normalized spacial score (nSPS) is 27.4. The second-order valence-corrected chi connectivity index (χ2v) is 8.41. The number of carbonyl (C=O) groups excluding carboxylic acids is 1. The van der Waals surface area contributed by atoms with Crippen molar-refractivity contribution in [2.24, 2.45) is 5.92 Å². The second kappa shape index (κ2) is 6.52. The summed E-state index contributed by atoms with van der Waals surface area (Å²) in [5.41, 5.74) is 1.00. The lowest BCUT2D eigenvalue weighted by Gasteiger charge is -2.30. The average molecular weight is 344 g/mol. The van der Waals surface area contributed by atoms with Crippen molar-refractivity contribution in [3.8, 4) is 11.5 Å². The summed E-state index contributed by atoms with van der Waals surface area (Å²) >= 11 is 0. The molecular formula is C20H28N2O3. The molecule has 4 rings (SSSR count). The van der Waals surface area contributed by atoms with Crippen LogP contribution in [-0.2, 0) is 10.2 Å². The quantitative estimate of drug-likeness (QED) is 0.862. The number of hydrogen-bond donors (Lipinski definition) is 2. The van der Waals surface area contributed by atoms with Gasteiger partial charge in [0.1, 0.15) is 0 Å². The maximum absolute atomic E-state index is 12.4. The van der Waals surface area contributed by atoms with E-state index in [0.717, 1.165) is 29.9 Å². The third kappa shape index (κ3) is 3.61. The van der Waals surface area contributed by atoms with Crippen LogP contribution in [-0.4, -0.2) is 31.3 Å². The molecule has 2 bridgehead atoms. The molecule has 25 heavy (non-hydrogen) atoms. The predicted molar refractivity (Wildman–Crippen MR) is 95.9 cm³/mol. The van der Waals surface area contributed by atoms with Crippen LogP contribution in [0.1, 0.15) is 51.5 Å². The largest absolute Gasteiger partial charge is 0.454 e. The molecule has 2 atom stereocenters. The first kappa shape index (κ1) is 16.7. The van der Waals surface area contributed by atoms with E-state index in [4.69, 9.17) is 9.47 Å². The van der Waals surface area contributed by atoms with E-state index in [2.05, 4.69) is 30.5 Å². The summed E-state index contributed by atoms with van der Waals surface area (Å²) in [6.45, 7) is 5.21. The zero-order valence-electron chi connectivity index (χ0n) is 15.1. The SMILES string of the molecule is CC(C)(CNC(=O)CC1CC2CCC(C1)N2)c1ccc2c(c1)OCO2. The van der Waals surface area contributed by atoms with Crippen LogP contribution in [0.2, 0.25) is 0 Å². The maximum atomic E-state index is 12.4. The molecule has 3 aliphatic heterocycles. The Bertz CT molecular complexity index is 646.